The van der Waals surface area contributed by atoms with Gasteiger partial charge in [0.25, 0.3) is 0 Å². The van der Waals surface area contributed by atoms with E-state index in [1.165, 1.54) is 128 Å². The number of ether oxygens (including phenoxy) is 3. The zero-order chi connectivity index (χ0) is 52.9. The van der Waals surface area contributed by atoms with E-state index in [0.717, 1.165) is 122 Å². The van der Waals surface area contributed by atoms with E-state index >= 15 is 0 Å². The van der Waals surface area contributed by atoms with Crippen molar-refractivity contribution in [3.8, 4) is 0 Å². The van der Waals surface area contributed by atoms with Crippen LogP contribution in [0.1, 0.15) is 290 Å². The molecule has 0 rings (SSSR count). The van der Waals surface area contributed by atoms with Gasteiger partial charge < -0.3 is 14.2 Å². The fourth-order valence-corrected chi connectivity index (χ4v) is 8.54. The molecule has 0 aromatic rings. The van der Waals surface area contributed by atoms with Gasteiger partial charge in [0.15, 0.2) is 6.10 Å². The van der Waals surface area contributed by atoms with E-state index in [9.17, 15) is 14.4 Å². The van der Waals surface area contributed by atoms with Crippen molar-refractivity contribution >= 4 is 17.9 Å². The number of hydrogen-bond acceptors (Lipinski definition) is 6. The van der Waals surface area contributed by atoms with Gasteiger partial charge in [0, 0.05) is 19.3 Å². The van der Waals surface area contributed by atoms with Crippen LogP contribution in [-0.4, -0.2) is 37.2 Å². The molecule has 0 bridgehead atoms. The normalized spacial score (nSPS) is 12.8. The van der Waals surface area contributed by atoms with Gasteiger partial charge in [0.1, 0.15) is 13.2 Å². The molecule has 1 unspecified atom stereocenters. The van der Waals surface area contributed by atoms with Crippen molar-refractivity contribution in [2.75, 3.05) is 13.2 Å². The number of esters is 3. The molecule has 0 aliphatic carbocycles. The highest BCUT2D eigenvalue weighted by Crippen LogP contribution is 2.16. The Morgan fingerprint density at radius 3 is 0.836 bits per heavy atom. The SMILES string of the molecule is CC/C=C\C/C=C\C/C=C\C/C=C\CCCCCCCCCCCCCCC(=O)OCC(COC(=O)CCCCCCCCCCCCC)OC(=O)CCCCCCCC/C=C\C/C=C\C/C=C\C/C=C\CC. The number of allylic oxidation sites excluding steroid dienone is 16. The van der Waals surface area contributed by atoms with E-state index in [1.807, 2.05) is 0 Å². The molecule has 0 spiro atoms. The molecular formula is C67H114O6. The first-order chi connectivity index (χ1) is 36.0. The lowest BCUT2D eigenvalue weighted by molar-refractivity contribution is -0.167. The van der Waals surface area contributed by atoms with Gasteiger partial charge in [-0.1, -0.05) is 272 Å². The summed E-state index contributed by atoms with van der Waals surface area (Å²) in [4.78, 5) is 38.2. The second-order valence-electron chi connectivity index (χ2n) is 20.2. The minimum atomic E-state index is -0.785. The highest BCUT2D eigenvalue weighted by atomic mass is 16.6. The topological polar surface area (TPSA) is 78.9 Å². The summed E-state index contributed by atoms with van der Waals surface area (Å²) in [6.45, 7) is 6.41. The van der Waals surface area contributed by atoms with Gasteiger partial charge in [-0.15, -0.1) is 0 Å². The summed E-state index contributed by atoms with van der Waals surface area (Å²) < 4.78 is 16.9. The fourth-order valence-electron chi connectivity index (χ4n) is 8.54. The van der Waals surface area contributed by atoms with Crippen LogP contribution in [0.5, 0.6) is 0 Å². The molecule has 0 aromatic carbocycles. The Labute approximate surface area is 451 Å². The molecule has 0 aromatic heterocycles. The largest absolute Gasteiger partial charge is 0.462 e. The van der Waals surface area contributed by atoms with E-state index in [4.69, 9.17) is 14.2 Å². The summed E-state index contributed by atoms with van der Waals surface area (Å²) in [6, 6.07) is 0. The van der Waals surface area contributed by atoms with Crippen LogP contribution < -0.4 is 0 Å². The van der Waals surface area contributed by atoms with Gasteiger partial charge >= 0.3 is 17.9 Å². The van der Waals surface area contributed by atoms with Crippen LogP contribution in [0.3, 0.4) is 0 Å². The quantitative estimate of drug-likeness (QED) is 0.0261. The van der Waals surface area contributed by atoms with Crippen LogP contribution in [0.4, 0.5) is 0 Å². The van der Waals surface area contributed by atoms with Crippen molar-refractivity contribution in [2.24, 2.45) is 0 Å². The van der Waals surface area contributed by atoms with Crippen molar-refractivity contribution in [3.05, 3.63) is 97.2 Å². The number of rotatable bonds is 55. The first-order valence-electron chi connectivity index (χ1n) is 30.7. The predicted octanol–water partition coefficient (Wildman–Crippen LogP) is 20.9. The van der Waals surface area contributed by atoms with Crippen LogP contribution in [0.2, 0.25) is 0 Å². The molecule has 0 aliphatic heterocycles. The van der Waals surface area contributed by atoms with Crippen LogP contribution in [0, 0.1) is 0 Å². The maximum absolute atomic E-state index is 12.9. The highest BCUT2D eigenvalue weighted by molar-refractivity contribution is 5.71. The number of hydrogen-bond donors (Lipinski definition) is 0. The molecule has 6 nitrogen and oxygen atoms in total. The lowest BCUT2D eigenvalue weighted by Gasteiger charge is -2.18. The molecule has 0 N–H and O–H groups in total. The summed E-state index contributed by atoms with van der Waals surface area (Å²) in [6.07, 6.45) is 81.2. The zero-order valence-electron chi connectivity index (χ0n) is 47.9. The van der Waals surface area contributed by atoms with Crippen molar-refractivity contribution < 1.29 is 28.6 Å². The van der Waals surface area contributed by atoms with Crippen molar-refractivity contribution in [2.45, 2.75) is 297 Å². The van der Waals surface area contributed by atoms with Gasteiger partial charge in [-0.2, -0.15) is 0 Å². The second-order valence-corrected chi connectivity index (χ2v) is 20.2. The van der Waals surface area contributed by atoms with E-state index in [2.05, 4.69) is 118 Å². The minimum absolute atomic E-state index is 0.0815. The molecule has 0 amide bonds. The van der Waals surface area contributed by atoms with Gasteiger partial charge in [0.2, 0.25) is 0 Å². The standard InChI is InChI=1S/C67H114O6/c1-4-7-10-13-16-19-22-24-26-28-30-31-32-33-34-35-37-38-40-42-45-48-51-54-57-60-66(69)72-63-64(62-71-65(68)59-56-53-50-47-44-21-18-15-12-9-6-3)73-67(70)61-58-55-52-49-46-43-41-39-36-29-27-25-23-20-17-14-11-8-5-2/h7-8,10-11,16-17,19-20,24-27,30-31,36,39,64H,4-6,9,12-15,18,21-23,28-29,32-35,37-38,40-63H2,1-3H3/b10-7-,11-8-,19-16-,20-17-,26-24-,27-25-,31-30-,39-36-. The molecule has 0 aliphatic rings. The predicted molar refractivity (Wildman–Crippen MR) is 316 cm³/mol. The van der Waals surface area contributed by atoms with E-state index in [0.29, 0.717) is 19.3 Å². The maximum atomic E-state index is 12.9. The average Bonchev–Trinajstić information content (AvgIpc) is 3.39. The molecule has 0 fully saturated rings. The summed E-state index contributed by atoms with van der Waals surface area (Å²) in [5.41, 5.74) is 0. The molecule has 73 heavy (non-hydrogen) atoms. The lowest BCUT2D eigenvalue weighted by Crippen LogP contribution is -2.30. The Balaban J connectivity index is 4.30. The van der Waals surface area contributed by atoms with Gasteiger partial charge in [-0.05, 0) is 96.3 Å². The summed E-state index contributed by atoms with van der Waals surface area (Å²) in [5.74, 6) is -0.890. The third-order valence-corrected chi connectivity index (χ3v) is 13.1. The number of carbonyl (C=O) groups excluding carboxylic acids is 3. The maximum Gasteiger partial charge on any atom is 0.306 e. The summed E-state index contributed by atoms with van der Waals surface area (Å²) in [5, 5.41) is 0. The van der Waals surface area contributed by atoms with E-state index in [1.54, 1.807) is 0 Å². The molecule has 1 atom stereocenters. The Hall–Kier alpha value is -3.67. The Bertz CT molecular complexity index is 1440. The van der Waals surface area contributed by atoms with Crippen molar-refractivity contribution in [1.82, 2.24) is 0 Å². The third-order valence-electron chi connectivity index (χ3n) is 13.1. The summed E-state index contributed by atoms with van der Waals surface area (Å²) in [7, 11) is 0. The minimum Gasteiger partial charge on any atom is -0.462 e. The van der Waals surface area contributed by atoms with E-state index in [-0.39, 0.29) is 31.1 Å². The molecule has 0 radical (unpaired) electrons. The zero-order valence-corrected chi connectivity index (χ0v) is 47.9. The first-order valence-corrected chi connectivity index (χ1v) is 30.7. The van der Waals surface area contributed by atoms with Crippen molar-refractivity contribution in [1.29, 1.82) is 0 Å². The second kappa shape index (κ2) is 60.9. The third kappa shape index (κ3) is 59.1. The lowest BCUT2D eigenvalue weighted by atomic mass is 10.0. The van der Waals surface area contributed by atoms with Gasteiger partial charge in [-0.3, -0.25) is 14.4 Å². The smallest absolute Gasteiger partial charge is 0.306 e. The highest BCUT2D eigenvalue weighted by Gasteiger charge is 2.19. The van der Waals surface area contributed by atoms with E-state index < -0.39 is 6.10 Å². The van der Waals surface area contributed by atoms with Gasteiger partial charge in [-0.25, -0.2) is 0 Å². The molecular weight excluding hydrogens is 901 g/mol. The van der Waals surface area contributed by atoms with Crippen LogP contribution in [0.25, 0.3) is 0 Å². The first kappa shape index (κ1) is 69.3. The number of unbranched alkanes of at least 4 members (excludes halogenated alkanes) is 28. The molecule has 6 heteroatoms. The Morgan fingerprint density at radius 2 is 0.534 bits per heavy atom. The fraction of sp³-hybridized carbons (Fsp3) is 0.716. The summed E-state index contributed by atoms with van der Waals surface area (Å²) >= 11 is 0. The monoisotopic (exact) mass is 1010 g/mol. The molecule has 0 saturated carbocycles. The molecule has 0 saturated heterocycles. The van der Waals surface area contributed by atoms with Gasteiger partial charge in [0.05, 0.1) is 0 Å². The number of carbonyl (C=O) groups is 3. The average molecular weight is 1020 g/mol. The molecule has 0 heterocycles. The van der Waals surface area contributed by atoms with Crippen LogP contribution in [-0.2, 0) is 28.6 Å². The Morgan fingerprint density at radius 1 is 0.288 bits per heavy atom. The van der Waals surface area contributed by atoms with Crippen molar-refractivity contribution in [3.63, 3.8) is 0 Å². The van der Waals surface area contributed by atoms with Crippen LogP contribution in [0.15, 0.2) is 97.2 Å². The molecule has 418 valence electrons. The van der Waals surface area contributed by atoms with Crippen LogP contribution >= 0.6 is 0 Å². The Kier molecular flexibility index (Phi) is 57.8.